The standard InChI is InChI=1S/C18H29NO2/c1-6-8-10-12-16-14-19(13-15(16)11-9-7-2)17(20)21-18(3,4)5/h6-10,15-16H,1,11-14H2,2-5H3/b9-7+,10-8+. The number of likely N-dealkylation sites (tertiary alicyclic amines) is 1. The average molecular weight is 291 g/mol. The van der Waals surface area contributed by atoms with Crippen LogP contribution in [0.2, 0.25) is 0 Å². The van der Waals surface area contributed by atoms with Gasteiger partial charge in [-0.1, -0.05) is 37.0 Å². The molecule has 0 bridgehead atoms. The molecule has 2 atom stereocenters. The van der Waals surface area contributed by atoms with Crippen LogP contribution in [0.25, 0.3) is 0 Å². The van der Waals surface area contributed by atoms with E-state index in [0.717, 1.165) is 25.9 Å². The monoisotopic (exact) mass is 291 g/mol. The summed E-state index contributed by atoms with van der Waals surface area (Å²) in [5, 5.41) is 0. The Kier molecular flexibility index (Phi) is 6.73. The number of carbonyl (C=O) groups excluding carboxylic acids is 1. The topological polar surface area (TPSA) is 29.5 Å². The fraction of sp³-hybridized carbons (Fsp3) is 0.611. The van der Waals surface area contributed by atoms with E-state index in [-0.39, 0.29) is 6.09 Å². The molecule has 0 aliphatic carbocycles. The summed E-state index contributed by atoms with van der Waals surface area (Å²) >= 11 is 0. The molecule has 21 heavy (non-hydrogen) atoms. The summed E-state index contributed by atoms with van der Waals surface area (Å²) in [6.07, 6.45) is 12.0. The number of ether oxygens (including phenoxy) is 1. The smallest absolute Gasteiger partial charge is 0.410 e. The zero-order valence-electron chi connectivity index (χ0n) is 13.8. The van der Waals surface area contributed by atoms with Crippen LogP contribution >= 0.6 is 0 Å². The summed E-state index contributed by atoms with van der Waals surface area (Å²) in [4.78, 5) is 14.1. The molecule has 0 aromatic rings. The molecule has 1 fully saturated rings. The highest BCUT2D eigenvalue weighted by Crippen LogP contribution is 2.30. The number of allylic oxidation sites excluding steroid dienone is 5. The van der Waals surface area contributed by atoms with Gasteiger partial charge in [-0.05, 0) is 52.4 Å². The second-order valence-corrected chi connectivity index (χ2v) is 6.61. The van der Waals surface area contributed by atoms with Gasteiger partial charge in [-0.3, -0.25) is 0 Å². The van der Waals surface area contributed by atoms with E-state index < -0.39 is 5.60 Å². The second-order valence-electron chi connectivity index (χ2n) is 6.61. The Morgan fingerprint density at radius 3 is 2.29 bits per heavy atom. The van der Waals surface area contributed by atoms with Gasteiger partial charge in [0.25, 0.3) is 0 Å². The van der Waals surface area contributed by atoms with Crippen LogP contribution in [-0.4, -0.2) is 29.7 Å². The van der Waals surface area contributed by atoms with E-state index in [1.165, 1.54) is 0 Å². The van der Waals surface area contributed by atoms with Crippen molar-refractivity contribution in [2.45, 2.75) is 46.1 Å². The highest BCUT2D eigenvalue weighted by atomic mass is 16.6. The van der Waals surface area contributed by atoms with Crippen molar-refractivity contribution in [1.29, 1.82) is 0 Å². The lowest BCUT2D eigenvalue weighted by atomic mass is 9.90. The van der Waals surface area contributed by atoms with Gasteiger partial charge in [-0.15, -0.1) is 0 Å². The largest absolute Gasteiger partial charge is 0.444 e. The van der Waals surface area contributed by atoms with E-state index in [2.05, 4.69) is 24.8 Å². The predicted octanol–water partition coefficient (Wildman–Crippen LogP) is 4.57. The van der Waals surface area contributed by atoms with Crippen molar-refractivity contribution in [3.05, 3.63) is 37.0 Å². The molecule has 1 heterocycles. The summed E-state index contributed by atoms with van der Waals surface area (Å²) in [6.45, 7) is 13.0. The zero-order chi connectivity index (χ0) is 15.9. The molecular weight excluding hydrogens is 262 g/mol. The maximum absolute atomic E-state index is 12.2. The van der Waals surface area contributed by atoms with Gasteiger partial charge in [-0.25, -0.2) is 4.79 Å². The number of hydrogen-bond acceptors (Lipinski definition) is 2. The molecule has 118 valence electrons. The maximum atomic E-state index is 12.2. The fourth-order valence-electron chi connectivity index (χ4n) is 2.61. The van der Waals surface area contributed by atoms with Crippen LogP contribution < -0.4 is 0 Å². The number of nitrogens with zero attached hydrogens (tertiary/aromatic N) is 1. The summed E-state index contributed by atoms with van der Waals surface area (Å²) in [5.41, 5.74) is -0.434. The lowest BCUT2D eigenvalue weighted by molar-refractivity contribution is 0.0284. The van der Waals surface area contributed by atoms with Gasteiger partial charge < -0.3 is 9.64 Å². The molecule has 1 aliphatic heterocycles. The first-order valence-corrected chi connectivity index (χ1v) is 7.74. The minimum atomic E-state index is -0.434. The van der Waals surface area contributed by atoms with E-state index in [4.69, 9.17) is 4.74 Å². The SMILES string of the molecule is C=C/C=C/CC1CN(C(=O)OC(C)(C)C)CC1C/C=C/C. The number of amides is 1. The normalized spacial score (nSPS) is 23.1. The van der Waals surface area contributed by atoms with E-state index in [1.54, 1.807) is 6.08 Å². The van der Waals surface area contributed by atoms with Crippen LogP contribution in [-0.2, 0) is 4.74 Å². The highest BCUT2D eigenvalue weighted by Gasteiger charge is 2.35. The van der Waals surface area contributed by atoms with E-state index >= 15 is 0 Å². The molecule has 1 rings (SSSR count). The molecule has 0 N–H and O–H groups in total. The molecule has 3 heteroatoms. The summed E-state index contributed by atoms with van der Waals surface area (Å²) < 4.78 is 5.48. The van der Waals surface area contributed by atoms with Gasteiger partial charge in [0.2, 0.25) is 0 Å². The predicted molar refractivity (Wildman–Crippen MR) is 88.2 cm³/mol. The Hall–Kier alpha value is -1.51. The van der Waals surface area contributed by atoms with Gasteiger partial charge in [0.1, 0.15) is 5.60 Å². The summed E-state index contributed by atoms with van der Waals surface area (Å²) in [7, 11) is 0. The first-order chi connectivity index (χ1) is 9.87. The molecule has 0 aromatic carbocycles. The van der Waals surface area contributed by atoms with Crippen molar-refractivity contribution in [2.75, 3.05) is 13.1 Å². The van der Waals surface area contributed by atoms with Crippen LogP contribution in [0.3, 0.4) is 0 Å². The zero-order valence-corrected chi connectivity index (χ0v) is 13.8. The number of hydrogen-bond donors (Lipinski definition) is 0. The molecule has 0 aromatic heterocycles. The van der Waals surface area contributed by atoms with Crippen LogP contribution in [0.5, 0.6) is 0 Å². The van der Waals surface area contributed by atoms with Gasteiger partial charge in [0.15, 0.2) is 0 Å². The van der Waals surface area contributed by atoms with Gasteiger partial charge >= 0.3 is 6.09 Å². The Morgan fingerprint density at radius 2 is 1.81 bits per heavy atom. The Bertz CT molecular complexity index is 404. The molecule has 1 saturated heterocycles. The first kappa shape index (κ1) is 17.5. The fourth-order valence-corrected chi connectivity index (χ4v) is 2.61. The van der Waals surface area contributed by atoms with Crippen LogP contribution in [0.4, 0.5) is 4.79 Å². The molecule has 3 nitrogen and oxygen atoms in total. The van der Waals surface area contributed by atoms with Crippen LogP contribution in [0.15, 0.2) is 37.0 Å². The highest BCUT2D eigenvalue weighted by molar-refractivity contribution is 5.68. The Labute approximate surface area is 129 Å². The molecule has 0 spiro atoms. The molecule has 1 aliphatic rings. The first-order valence-electron chi connectivity index (χ1n) is 7.74. The van der Waals surface area contributed by atoms with Crippen molar-refractivity contribution >= 4 is 6.09 Å². The minimum Gasteiger partial charge on any atom is -0.444 e. The van der Waals surface area contributed by atoms with Crippen LogP contribution in [0, 0.1) is 11.8 Å². The van der Waals surface area contributed by atoms with E-state index in [0.29, 0.717) is 11.8 Å². The van der Waals surface area contributed by atoms with Gasteiger partial charge in [0, 0.05) is 13.1 Å². The molecule has 2 unspecified atom stereocenters. The maximum Gasteiger partial charge on any atom is 0.410 e. The number of carbonyl (C=O) groups is 1. The molecule has 0 saturated carbocycles. The third-order valence-corrected chi connectivity index (χ3v) is 3.61. The summed E-state index contributed by atoms with van der Waals surface area (Å²) in [5.74, 6) is 0.994. The summed E-state index contributed by atoms with van der Waals surface area (Å²) in [6, 6.07) is 0. The molecular formula is C18H29NO2. The van der Waals surface area contributed by atoms with Crippen molar-refractivity contribution in [2.24, 2.45) is 11.8 Å². The quantitative estimate of drug-likeness (QED) is 0.548. The van der Waals surface area contributed by atoms with E-state index in [9.17, 15) is 4.79 Å². The van der Waals surface area contributed by atoms with E-state index in [1.807, 2.05) is 38.7 Å². The lowest BCUT2D eigenvalue weighted by Gasteiger charge is -2.24. The second kappa shape index (κ2) is 8.06. The molecule has 0 radical (unpaired) electrons. The lowest BCUT2D eigenvalue weighted by Crippen LogP contribution is -2.35. The Balaban J connectivity index is 2.67. The third kappa shape index (κ3) is 6.19. The number of rotatable bonds is 5. The average Bonchev–Trinajstić information content (AvgIpc) is 2.78. The van der Waals surface area contributed by atoms with Crippen molar-refractivity contribution in [3.63, 3.8) is 0 Å². The van der Waals surface area contributed by atoms with Crippen molar-refractivity contribution in [3.8, 4) is 0 Å². The van der Waals surface area contributed by atoms with Gasteiger partial charge in [-0.2, -0.15) is 0 Å². The van der Waals surface area contributed by atoms with Gasteiger partial charge in [0.05, 0.1) is 0 Å². The van der Waals surface area contributed by atoms with Crippen molar-refractivity contribution in [1.82, 2.24) is 4.90 Å². The minimum absolute atomic E-state index is 0.192. The molecule has 1 amide bonds. The van der Waals surface area contributed by atoms with Crippen LogP contribution in [0.1, 0.15) is 40.5 Å². The van der Waals surface area contributed by atoms with Crippen molar-refractivity contribution < 1.29 is 9.53 Å². The Morgan fingerprint density at radius 1 is 1.24 bits per heavy atom. The third-order valence-electron chi connectivity index (χ3n) is 3.61.